The lowest BCUT2D eigenvalue weighted by Gasteiger charge is -2.23. The van der Waals surface area contributed by atoms with Gasteiger partial charge in [0.15, 0.2) is 0 Å². The van der Waals surface area contributed by atoms with E-state index >= 15 is 0 Å². The fraction of sp³-hybridized carbons (Fsp3) is 0.231. The Morgan fingerprint density at radius 3 is 2.67 bits per heavy atom. The highest BCUT2D eigenvalue weighted by molar-refractivity contribution is 6.01. The summed E-state index contributed by atoms with van der Waals surface area (Å²) in [7, 11) is 0. The predicted octanol–water partition coefficient (Wildman–Crippen LogP) is 5.98. The first-order valence-electron chi connectivity index (χ1n) is 11.3. The van der Waals surface area contributed by atoms with Gasteiger partial charge in [-0.05, 0) is 50.1 Å². The van der Waals surface area contributed by atoms with Crippen LogP contribution in [0.2, 0.25) is 0 Å². The molecule has 0 bridgehead atoms. The zero-order chi connectivity index (χ0) is 25.3. The second-order valence-electron chi connectivity index (χ2n) is 8.42. The molecule has 1 saturated heterocycles. The summed E-state index contributed by atoms with van der Waals surface area (Å²) in [5, 5.41) is 3.89. The van der Waals surface area contributed by atoms with Crippen molar-refractivity contribution in [2.24, 2.45) is 0 Å². The molecule has 4 aromatic rings. The van der Waals surface area contributed by atoms with Gasteiger partial charge in [0.2, 0.25) is 11.7 Å². The molecular weight excluding hydrogens is 473 g/mol. The number of hydrogen-bond donors (Lipinski definition) is 0. The van der Waals surface area contributed by atoms with Crippen molar-refractivity contribution in [3.05, 3.63) is 83.9 Å². The fourth-order valence-corrected chi connectivity index (χ4v) is 4.35. The molecule has 2 aromatic carbocycles. The van der Waals surface area contributed by atoms with E-state index in [1.54, 1.807) is 23.2 Å². The summed E-state index contributed by atoms with van der Waals surface area (Å²) in [4.78, 5) is 24.1. The van der Waals surface area contributed by atoms with Crippen LogP contribution in [-0.2, 0) is 0 Å². The van der Waals surface area contributed by atoms with Crippen molar-refractivity contribution < 1.29 is 27.2 Å². The Labute approximate surface area is 204 Å². The zero-order valence-corrected chi connectivity index (χ0v) is 19.2. The number of likely N-dealkylation sites (tertiary alicyclic amines) is 1. The van der Waals surface area contributed by atoms with E-state index in [1.807, 2.05) is 37.3 Å². The lowest BCUT2D eigenvalue weighted by atomic mass is 10.00. The van der Waals surface area contributed by atoms with E-state index in [1.165, 1.54) is 18.2 Å². The number of pyridine rings is 1. The van der Waals surface area contributed by atoms with Gasteiger partial charge in [-0.25, -0.2) is 0 Å². The number of carbonyl (C=O) groups excluding carboxylic acids is 1. The molecule has 184 valence electrons. The lowest BCUT2D eigenvalue weighted by molar-refractivity contribution is -0.274. The number of aromatic nitrogens is 3. The number of aryl methyl sites for hydroxylation is 1. The number of ether oxygens (including phenoxy) is 1. The minimum Gasteiger partial charge on any atom is -0.405 e. The van der Waals surface area contributed by atoms with Gasteiger partial charge in [0, 0.05) is 23.9 Å². The normalized spacial score (nSPS) is 15.8. The van der Waals surface area contributed by atoms with Gasteiger partial charge >= 0.3 is 6.36 Å². The van der Waals surface area contributed by atoms with E-state index in [-0.39, 0.29) is 23.2 Å². The summed E-state index contributed by atoms with van der Waals surface area (Å²) in [6.45, 7) is 2.38. The van der Waals surface area contributed by atoms with Crippen LogP contribution < -0.4 is 4.74 Å². The van der Waals surface area contributed by atoms with Crippen LogP contribution in [-0.4, -0.2) is 38.8 Å². The first-order chi connectivity index (χ1) is 17.3. The molecule has 5 rings (SSSR count). The van der Waals surface area contributed by atoms with E-state index in [0.29, 0.717) is 36.2 Å². The Morgan fingerprint density at radius 2 is 1.89 bits per heavy atom. The highest BCUT2D eigenvalue weighted by Gasteiger charge is 2.36. The molecule has 2 aromatic heterocycles. The van der Waals surface area contributed by atoms with E-state index < -0.39 is 18.2 Å². The molecule has 0 saturated carbocycles. The molecule has 0 N–H and O–H groups in total. The maximum atomic E-state index is 13.7. The Balaban J connectivity index is 1.46. The molecular formula is C26H21F3N4O3. The first kappa shape index (κ1) is 23.5. The van der Waals surface area contributed by atoms with Crippen LogP contribution >= 0.6 is 0 Å². The van der Waals surface area contributed by atoms with E-state index in [2.05, 4.69) is 19.9 Å². The topological polar surface area (TPSA) is 81.4 Å². The molecule has 1 fully saturated rings. The number of halogens is 3. The average Bonchev–Trinajstić information content (AvgIpc) is 3.53. The van der Waals surface area contributed by atoms with Crippen molar-refractivity contribution in [2.75, 3.05) is 6.54 Å². The molecule has 0 aliphatic carbocycles. The average molecular weight is 494 g/mol. The Kier molecular flexibility index (Phi) is 6.17. The van der Waals surface area contributed by atoms with Crippen LogP contribution in [0.1, 0.15) is 40.7 Å². The third-order valence-corrected chi connectivity index (χ3v) is 5.94. The standard InChI is InChI=1S/C26H21F3N4O3/c1-16-11-12-17(20-8-4-5-13-30-20)19(15-16)25(34)33-14-6-9-21(33)24-31-23(32-36-24)18-7-2-3-10-22(18)35-26(27,28)29/h2-5,7-8,10-13,15,21H,6,9,14H2,1H3/t21-/m0/s1. The maximum absolute atomic E-state index is 13.7. The largest absolute Gasteiger partial charge is 0.573 e. The van der Waals surface area contributed by atoms with Gasteiger partial charge in [-0.15, -0.1) is 13.2 Å². The quantitative estimate of drug-likeness (QED) is 0.339. The monoisotopic (exact) mass is 494 g/mol. The third-order valence-electron chi connectivity index (χ3n) is 5.94. The van der Waals surface area contributed by atoms with Gasteiger partial charge in [-0.1, -0.05) is 41.1 Å². The number of benzene rings is 2. The summed E-state index contributed by atoms with van der Waals surface area (Å²) in [5.74, 6) is -0.530. The summed E-state index contributed by atoms with van der Waals surface area (Å²) >= 11 is 0. The van der Waals surface area contributed by atoms with Crippen molar-refractivity contribution in [2.45, 2.75) is 32.2 Å². The van der Waals surface area contributed by atoms with Gasteiger partial charge in [0.25, 0.3) is 5.91 Å². The molecule has 3 heterocycles. The smallest absolute Gasteiger partial charge is 0.405 e. The summed E-state index contributed by atoms with van der Waals surface area (Å²) in [6, 6.07) is 16.2. The van der Waals surface area contributed by atoms with Gasteiger partial charge in [0.05, 0.1) is 11.3 Å². The second kappa shape index (κ2) is 9.44. The van der Waals surface area contributed by atoms with E-state index in [0.717, 1.165) is 5.56 Å². The van der Waals surface area contributed by atoms with Gasteiger partial charge in [-0.2, -0.15) is 4.98 Å². The summed E-state index contributed by atoms with van der Waals surface area (Å²) < 4.78 is 48.1. The molecule has 1 atom stereocenters. The van der Waals surface area contributed by atoms with Crippen molar-refractivity contribution in [1.82, 2.24) is 20.0 Å². The van der Waals surface area contributed by atoms with Crippen LogP contribution in [0.3, 0.4) is 0 Å². The molecule has 1 aliphatic heterocycles. The van der Waals surface area contributed by atoms with Crippen LogP contribution in [0.25, 0.3) is 22.6 Å². The highest BCUT2D eigenvalue weighted by atomic mass is 19.4. The van der Waals surface area contributed by atoms with Crippen molar-refractivity contribution in [3.8, 4) is 28.4 Å². The van der Waals surface area contributed by atoms with Crippen molar-refractivity contribution in [3.63, 3.8) is 0 Å². The number of para-hydroxylation sites is 1. The second-order valence-corrected chi connectivity index (χ2v) is 8.42. The third kappa shape index (κ3) is 4.79. The van der Waals surface area contributed by atoms with Crippen LogP contribution in [0.5, 0.6) is 5.75 Å². The maximum Gasteiger partial charge on any atom is 0.573 e. The number of nitrogens with zero attached hydrogens (tertiary/aromatic N) is 4. The van der Waals surface area contributed by atoms with Crippen LogP contribution in [0, 0.1) is 6.92 Å². The SMILES string of the molecule is Cc1ccc(-c2ccccn2)c(C(=O)N2CCC[C@H]2c2nc(-c3ccccc3OC(F)(F)F)no2)c1. The minimum atomic E-state index is -4.86. The number of carbonyl (C=O) groups is 1. The van der Waals surface area contributed by atoms with Crippen molar-refractivity contribution >= 4 is 5.91 Å². The number of rotatable bonds is 5. The number of amides is 1. The highest BCUT2D eigenvalue weighted by Crippen LogP contribution is 2.37. The molecule has 0 unspecified atom stereocenters. The van der Waals surface area contributed by atoms with Gasteiger partial charge in [0.1, 0.15) is 11.8 Å². The van der Waals surface area contributed by atoms with Crippen LogP contribution in [0.15, 0.2) is 71.4 Å². The van der Waals surface area contributed by atoms with Gasteiger partial charge in [-0.3, -0.25) is 9.78 Å². The van der Waals surface area contributed by atoms with E-state index in [9.17, 15) is 18.0 Å². The van der Waals surface area contributed by atoms with Crippen molar-refractivity contribution in [1.29, 1.82) is 0 Å². The fourth-order valence-electron chi connectivity index (χ4n) is 4.35. The Hall–Kier alpha value is -4.21. The molecule has 10 heteroatoms. The van der Waals surface area contributed by atoms with E-state index in [4.69, 9.17) is 4.52 Å². The van der Waals surface area contributed by atoms with Gasteiger partial charge < -0.3 is 14.2 Å². The summed E-state index contributed by atoms with van der Waals surface area (Å²) in [5.41, 5.74) is 2.86. The molecule has 1 aliphatic rings. The molecule has 36 heavy (non-hydrogen) atoms. The zero-order valence-electron chi connectivity index (χ0n) is 19.2. The predicted molar refractivity (Wildman–Crippen MR) is 124 cm³/mol. The molecule has 0 radical (unpaired) electrons. The Bertz CT molecular complexity index is 1390. The first-order valence-corrected chi connectivity index (χ1v) is 11.3. The summed E-state index contributed by atoms with van der Waals surface area (Å²) in [6.07, 6.45) is -1.90. The minimum absolute atomic E-state index is 0.0387. The Morgan fingerprint density at radius 1 is 1.08 bits per heavy atom. The lowest BCUT2D eigenvalue weighted by Crippen LogP contribution is -2.31. The molecule has 1 amide bonds. The number of alkyl halides is 3. The number of hydrogen-bond acceptors (Lipinski definition) is 6. The molecule has 7 nitrogen and oxygen atoms in total. The molecule has 0 spiro atoms. The van der Waals surface area contributed by atoms with Crippen LogP contribution in [0.4, 0.5) is 13.2 Å².